The lowest BCUT2D eigenvalue weighted by atomic mass is 10.1. The Bertz CT molecular complexity index is 645. The Morgan fingerprint density at radius 2 is 2.00 bits per heavy atom. The van der Waals surface area contributed by atoms with Gasteiger partial charge in [-0.3, -0.25) is 0 Å². The minimum Gasteiger partial charge on any atom is -0.395 e. The van der Waals surface area contributed by atoms with Gasteiger partial charge in [0.25, 0.3) is 0 Å². The number of aryl methyl sites for hydroxylation is 3. The van der Waals surface area contributed by atoms with E-state index in [1.165, 1.54) is 17.0 Å². The summed E-state index contributed by atoms with van der Waals surface area (Å²) in [4.78, 5) is 6.97. The van der Waals surface area contributed by atoms with Gasteiger partial charge >= 0.3 is 0 Å². The highest BCUT2D eigenvalue weighted by Crippen LogP contribution is 2.23. The number of aliphatic hydroxyl groups excluding tert-OH is 1. The van der Waals surface area contributed by atoms with Crippen LogP contribution in [0.2, 0.25) is 0 Å². The summed E-state index contributed by atoms with van der Waals surface area (Å²) >= 11 is 0. The van der Waals surface area contributed by atoms with Crippen molar-refractivity contribution in [3.63, 3.8) is 0 Å². The molecule has 0 amide bonds. The van der Waals surface area contributed by atoms with Crippen molar-refractivity contribution >= 4 is 5.69 Å². The molecule has 118 valence electrons. The number of nitrogens with zero attached hydrogens (tertiary/aromatic N) is 3. The molecule has 1 aliphatic heterocycles. The van der Waals surface area contributed by atoms with E-state index in [2.05, 4.69) is 58.7 Å². The maximum absolute atomic E-state index is 9.35. The first-order valence-corrected chi connectivity index (χ1v) is 7.81. The lowest BCUT2D eigenvalue weighted by Gasteiger charge is -2.35. The molecular formula is C17H24N4O. The van der Waals surface area contributed by atoms with E-state index in [0.29, 0.717) is 0 Å². The van der Waals surface area contributed by atoms with Crippen molar-refractivity contribution in [3.8, 4) is 5.82 Å². The molecule has 22 heavy (non-hydrogen) atoms. The molecule has 0 radical (unpaired) electrons. The summed E-state index contributed by atoms with van der Waals surface area (Å²) < 4.78 is 2.17. The zero-order valence-electron chi connectivity index (χ0n) is 13.5. The van der Waals surface area contributed by atoms with Crippen molar-refractivity contribution < 1.29 is 5.11 Å². The molecule has 5 nitrogen and oxygen atoms in total. The first-order chi connectivity index (χ1) is 10.6. The second-order valence-electron chi connectivity index (χ2n) is 6.06. The minimum absolute atomic E-state index is 0.141. The lowest BCUT2D eigenvalue weighted by molar-refractivity contribution is 0.235. The summed E-state index contributed by atoms with van der Waals surface area (Å²) in [5.74, 6) is 0.968. The molecule has 0 bridgehead atoms. The van der Waals surface area contributed by atoms with Gasteiger partial charge in [0.05, 0.1) is 18.5 Å². The van der Waals surface area contributed by atoms with Crippen LogP contribution in [0.15, 0.2) is 24.4 Å². The summed E-state index contributed by atoms with van der Waals surface area (Å²) in [7, 11) is 0. The molecule has 1 saturated heterocycles. The van der Waals surface area contributed by atoms with Gasteiger partial charge in [0.1, 0.15) is 5.82 Å². The molecule has 2 N–H and O–H groups in total. The molecule has 1 fully saturated rings. The smallest absolute Gasteiger partial charge is 0.137 e. The first kappa shape index (κ1) is 15.1. The summed E-state index contributed by atoms with van der Waals surface area (Å²) in [6.45, 7) is 9.15. The van der Waals surface area contributed by atoms with Crippen LogP contribution in [0.5, 0.6) is 0 Å². The molecule has 3 rings (SSSR count). The van der Waals surface area contributed by atoms with E-state index in [9.17, 15) is 5.11 Å². The lowest BCUT2D eigenvalue weighted by Crippen LogP contribution is -2.52. The van der Waals surface area contributed by atoms with Crippen molar-refractivity contribution in [1.82, 2.24) is 14.9 Å². The molecule has 1 aliphatic rings. The number of piperazine rings is 1. The third-order valence-corrected chi connectivity index (χ3v) is 4.39. The summed E-state index contributed by atoms with van der Waals surface area (Å²) in [6.07, 6.45) is 1.96. The molecular weight excluding hydrogens is 276 g/mol. The summed E-state index contributed by atoms with van der Waals surface area (Å²) in [5, 5.41) is 12.7. The first-order valence-electron chi connectivity index (χ1n) is 7.81. The van der Waals surface area contributed by atoms with Crippen molar-refractivity contribution in [2.45, 2.75) is 26.8 Å². The average molecular weight is 300 g/mol. The second kappa shape index (κ2) is 6.10. The van der Waals surface area contributed by atoms with Crippen LogP contribution in [0.3, 0.4) is 0 Å². The quantitative estimate of drug-likeness (QED) is 0.903. The highest BCUT2D eigenvalue weighted by molar-refractivity contribution is 5.55. The van der Waals surface area contributed by atoms with Crippen LogP contribution in [0.1, 0.15) is 17.0 Å². The molecule has 0 aliphatic carbocycles. The maximum atomic E-state index is 9.35. The van der Waals surface area contributed by atoms with Gasteiger partial charge in [0.15, 0.2) is 0 Å². The molecule has 0 unspecified atom stereocenters. The Morgan fingerprint density at radius 3 is 2.64 bits per heavy atom. The Hall–Kier alpha value is -1.85. The van der Waals surface area contributed by atoms with Gasteiger partial charge < -0.3 is 19.9 Å². The van der Waals surface area contributed by atoms with Crippen LogP contribution in [-0.2, 0) is 0 Å². The van der Waals surface area contributed by atoms with Gasteiger partial charge in [-0.25, -0.2) is 4.98 Å². The van der Waals surface area contributed by atoms with Gasteiger partial charge in [0.2, 0.25) is 0 Å². The number of aromatic nitrogens is 2. The van der Waals surface area contributed by atoms with Crippen LogP contribution >= 0.6 is 0 Å². The van der Waals surface area contributed by atoms with Gasteiger partial charge in [-0.1, -0.05) is 0 Å². The molecule has 2 aromatic heterocycles. The third-order valence-electron chi connectivity index (χ3n) is 4.39. The van der Waals surface area contributed by atoms with E-state index in [1.807, 2.05) is 6.20 Å². The molecule has 2 aromatic rings. The number of hydrogen-bond acceptors (Lipinski definition) is 4. The molecule has 0 spiro atoms. The maximum Gasteiger partial charge on any atom is 0.137 e. The van der Waals surface area contributed by atoms with Crippen LogP contribution in [0, 0.1) is 20.8 Å². The topological polar surface area (TPSA) is 53.3 Å². The van der Waals surface area contributed by atoms with Crippen LogP contribution in [0.25, 0.3) is 5.82 Å². The predicted octanol–water partition coefficient (Wildman–Crippen LogP) is 1.57. The van der Waals surface area contributed by atoms with Gasteiger partial charge in [-0.15, -0.1) is 0 Å². The van der Waals surface area contributed by atoms with Crippen LogP contribution in [0.4, 0.5) is 5.69 Å². The van der Waals surface area contributed by atoms with Crippen molar-refractivity contribution in [1.29, 1.82) is 0 Å². The van der Waals surface area contributed by atoms with E-state index in [4.69, 9.17) is 0 Å². The number of rotatable bonds is 3. The number of nitrogens with one attached hydrogen (secondary N) is 1. The van der Waals surface area contributed by atoms with Crippen LogP contribution in [-0.4, -0.2) is 46.9 Å². The Morgan fingerprint density at radius 1 is 1.27 bits per heavy atom. The SMILES string of the molecule is Cc1cc(-n2c(C)ccc2C)ncc1N1CCN[C@@H](CO)C1. The van der Waals surface area contributed by atoms with Gasteiger partial charge in [0, 0.05) is 37.1 Å². The average Bonchev–Trinajstić information content (AvgIpc) is 2.86. The molecule has 0 saturated carbocycles. The van der Waals surface area contributed by atoms with E-state index in [1.54, 1.807) is 0 Å². The second-order valence-corrected chi connectivity index (χ2v) is 6.06. The third kappa shape index (κ3) is 2.74. The van der Waals surface area contributed by atoms with Crippen molar-refractivity contribution in [2.75, 3.05) is 31.1 Å². The Kier molecular flexibility index (Phi) is 4.18. The largest absolute Gasteiger partial charge is 0.395 e. The summed E-state index contributed by atoms with van der Waals surface area (Å²) in [6, 6.07) is 6.51. The van der Waals surface area contributed by atoms with E-state index in [-0.39, 0.29) is 12.6 Å². The fraction of sp³-hybridized carbons (Fsp3) is 0.471. The fourth-order valence-corrected chi connectivity index (χ4v) is 3.18. The molecule has 5 heteroatoms. The highest BCUT2D eigenvalue weighted by Gasteiger charge is 2.20. The Labute approximate surface area is 131 Å². The number of aliphatic hydroxyl groups is 1. The highest BCUT2D eigenvalue weighted by atomic mass is 16.3. The van der Waals surface area contributed by atoms with E-state index in [0.717, 1.165) is 31.1 Å². The molecule has 1 atom stereocenters. The summed E-state index contributed by atoms with van der Waals surface area (Å²) in [5.41, 5.74) is 4.77. The molecule has 0 aromatic carbocycles. The zero-order valence-corrected chi connectivity index (χ0v) is 13.5. The normalized spacial score (nSPS) is 18.7. The Balaban J connectivity index is 1.90. The number of pyridine rings is 1. The zero-order chi connectivity index (χ0) is 15.7. The van der Waals surface area contributed by atoms with Crippen LogP contribution < -0.4 is 10.2 Å². The van der Waals surface area contributed by atoms with Gasteiger partial charge in [-0.05, 0) is 44.5 Å². The van der Waals surface area contributed by atoms with E-state index < -0.39 is 0 Å². The fourth-order valence-electron chi connectivity index (χ4n) is 3.18. The number of hydrogen-bond donors (Lipinski definition) is 2. The van der Waals surface area contributed by atoms with Gasteiger partial charge in [-0.2, -0.15) is 0 Å². The van der Waals surface area contributed by atoms with Crippen molar-refractivity contribution in [3.05, 3.63) is 41.3 Å². The van der Waals surface area contributed by atoms with E-state index >= 15 is 0 Å². The minimum atomic E-state index is 0.141. The predicted molar refractivity (Wildman–Crippen MR) is 88.9 cm³/mol. The molecule has 3 heterocycles. The van der Waals surface area contributed by atoms with Crippen molar-refractivity contribution in [2.24, 2.45) is 0 Å². The standard InChI is InChI=1S/C17H24N4O/c1-12-8-17(21-13(2)4-5-14(21)3)19-9-16(12)20-7-6-18-15(10-20)11-22/h4-5,8-9,15,18,22H,6-7,10-11H2,1-3H3/t15-/m1/s1. The number of anilines is 1. The monoisotopic (exact) mass is 300 g/mol.